The van der Waals surface area contributed by atoms with E-state index < -0.39 is 17.7 Å². The summed E-state index contributed by atoms with van der Waals surface area (Å²) in [7, 11) is 0. The van der Waals surface area contributed by atoms with E-state index in [0.29, 0.717) is 16.8 Å². The minimum atomic E-state index is -1.14. The smallest absolute Gasteiger partial charge is 0.407 e. The largest absolute Gasteiger partial charge is 0.465 e. The van der Waals surface area contributed by atoms with Gasteiger partial charge in [0.25, 0.3) is 5.95 Å². The van der Waals surface area contributed by atoms with Crippen molar-refractivity contribution in [2.75, 3.05) is 11.5 Å². The molecule has 4 rings (SSSR count). The van der Waals surface area contributed by atoms with Gasteiger partial charge in [-0.25, -0.2) is 18.6 Å². The summed E-state index contributed by atoms with van der Waals surface area (Å²) < 4.78 is 29.5. The minimum absolute atomic E-state index is 0.0435. The molecule has 34 heavy (non-hydrogen) atoms. The zero-order valence-electron chi connectivity index (χ0n) is 18.4. The van der Waals surface area contributed by atoms with Crippen LogP contribution in [0.15, 0.2) is 36.5 Å². The molecule has 0 aliphatic carbocycles. The zero-order valence-corrected chi connectivity index (χ0v) is 18.4. The van der Waals surface area contributed by atoms with Crippen LogP contribution in [0.25, 0.3) is 17.0 Å². The topological polar surface area (TPSA) is 149 Å². The van der Waals surface area contributed by atoms with Crippen LogP contribution >= 0.6 is 0 Å². The number of pyridine rings is 1. The Labute approximate surface area is 192 Å². The highest BCUT2D eigenvalue weighted by Gasteiger charge is 2.23. The van der Waals surface area contributed by atoms with Gasteiger partial charge in [-0.1, -0.05) is 18.2 Å². The number of hydrogen-bond acceptors (Lipinski definition) is 7. The van der Waals surface area contributed by atoms with Crippen molar-refractivity contribution in [3.05, 3.63) is 65.0 Å². The molecule has 0 spiro atoms. The number of aromatic nitrogens is 5. The van der Waals surface area contributed by atoms with Crippen LogP contribution in [-0.4, -0.2) is 46.9 Å². The second-order valence-electron chi connectivity index (χ2n) is 7.92. The molecule has 0 saturated carbocycles. The fourth-order valence-electron chi connectivity index (χ4n) is 3.53. The van der Waals surface area contributed by atoms with Crippen molar-refractivity contribution in [3.63, 3.8) is 0 Å². The van der Waals surface area contributed by atoms with Gasteiger partial charge in [0, 0.05) is 18.5 Å². The number of rotatable bonds is 6. The van der Waals surface area contributed by atoms with Gasteiger partial charge in [0.15, 0.2) is 0 Å². The molecule has 0 radical (unpaired) electrons. The molecule has 0 saturated heterocycles. The van der Waals surface area contributed by atoms with E-state index in [9.17, 15) is 18.7 Å². The molecule has 1 aromatic carbocycles. The Bertz CT molecular complexity index is 1370. The summed E-state index contributed by atoms with van der Waals surface area (Å²) >= 11 is 0. The first-order valence-electron chi connectivity index (χ1n) is 10.3. The average Bonchev–Trinajstić information content (AvgIpc) is 3.11. The third kappa shape index (κ3) is 4.29. The number of hydrogen-bond donors (Lipinski definition) is 3. The molecule has 3 heterocycles. The lowest BCUT2D eigenvalue weighted by atomic mass is 10.1. The van der Waals surface area contributed by atoms with Gasteiger partial charge in [0.05, 0.1) is 29.5 Å². The van der Waals surface area contributed by atoms with Crippen LogP contribution in [0.5, 0.6) is 0 Å². The standard InChI is InChI=1S/C22H22F2N8O2/c1-11(2)31(22(33)34)10-14-19(25)28-21(29-20(14)26)32-17-8-13(23)9-27-18(17)16(30-32)7-12-5-3-4-6-15(12)24/h3-6,8-9,11H,7,10H2,1-2H3,(H,33,34)(H4,25,26,28,29). The van der Waals surface area contributed by atoms with E-state index in [1.54, 1.807) is 32.0 Å². The number of carbonyl (C=O) groups is 1. The lowest BCUT2D eigenvalue weighted by molar-refractivity contribution is 0.128. The third-order valence-electron chi connectivity index (χ3n) is 5.32. The normalized spacial score (nSPS) is 11.3. The highest BCUT2D eigenvalue weighted by Crippen LogP contribution is 2.26. The van der Waals surface area contributed by atoms with E-state index >= 15 is 0 Å². The molecule has 0 aliphatic heterocycles. The zero-order chi connectivity index (χ0) is 24.6. The number of nitrogen functional groups attached to an aromatic ring is 2. The fraction of sp³-hybridized carbons (Fsp3) is 0.227. The summed E-state index contributed by atoms with van der Waals surface area (Å²) in [5.41, 5.74) is 13.8. The SMILES string of the molecule is CC(C)N(Cc1c(N)nc(-n2nc(Cc3ccccc3F)c3ncc(F)cc32)nc1N)C(=O)O. The number of anilines is 2. The average molecular weight is 468 g/mol. The molecule has 0 unspecified atom stereocenters. The van der Waals surface area contributed by atoms with Crippen LogP contribution < -0.4 is 11.5 Å². The van der Waals surface area contributed by atoms with E-state index in [4.69, 9.17) is 11.5 Å². The lowest BCUT2D eigenvalue weighted by Gasteiger charge is -2.24. The van der Waals surface area contributed by atoms with Crippen molar-refractivity contribution in [3.8, 4) is 5.95 Å². The number of nitrogens with zero attached hydrogens (tertiary/aromatic N) is 6. The van der Waals surface area contributed by atoms with Gasteiger partial charge in [-0.05, 0) is 25.5 Å². The molecule has 0 aliphatic rings. The molecule has 0 fully saturated rings. The van der Waals surface area contributed by atoms with Gasteiger partial charge in [-0.3, -0.25) is 0 Å². The van der Waals surface area contributed by atoms with E-state index in [-0.39, 0.29) is 47.7 Å². The highest BCUT2D eigenvalue weighted by atomic mass is 19.1. The number of halogens is 2. The Morgan fingerprint density at radius 2 is 1.85 bits per heavy atom. The van der Waals surface area contributed by atoms with Gasteiger partial charge >= 0.3 is 6.09 Å². The van der Waals surface area contributed by atoms with Crippen molar-refractivity contribution in [2.24, 2.45) is 0 Å². The van der Waals surface area contributed by atoms with Crippen molar-refractivity contribution in [1.82, 2.24) is 29.6 Å². The Balaban J connectivity index is 1.80. The summed E-state index contributed by atoms with van der Waals surface area (Å²) in [6.45, 7) is 3.31. The molecular weight excluding hydrogens is 446 g/mol. The van der Waals surface area contributed by atoms with E-state index in [1.807, 2.05) is 0 Å². The molecule has 0 bridgehead atoms. The van der Waals surface area contributed by atoms with Crippen LogP contribution in [0, 0.1) is 11.6 Å². The quantitative estimate of drug-likeness (QED) is 0.391. The molecule has 10 nitrogen and oxygen atoms in total. The van der Waals surface area contributed by atoms with Crippen molar-refractivity contribution in [1.29, 1.82) is 0 Å². The maximum Gasteiger partial charge on any atom is 0.407 e. The number of amides is 1. The summed E-state index contributed by atoms with van der Waals surface area (Å²) in [6, 6.07) is 7.10. The highest BCUT2D eigenvalue weighted by molar-refractivity contribution is 5.79. The lowest BCUT2D eigenvalue weighted by Crippen LogP contribution is -2.35. The predicted molar refractivity (Wildman–Crippen MR) is 121 cm³/mol. The molecule has 3 aromatic heterocycles. The number of nitrogens with two attached hydrogens (primary N) is 2. The monoisotopic (exact) mass is 468 g/mol. The van der Waals surface area contributed by atoms with Crippen LogP contribution in [0.2, 0.25) is 0 Å². The molecule has 0 atom stereocenters. The van der Waals surface area contributed by atoms with Crippen molar-refractivity contribution < 1.29 is 18.7 Å². The molecule has 12 heteroatoms. The van der Waals surface area contributed by atoms with E-state index in [2.05, 4.69) is 20.1 Å². The third-order valence-corrected chi connectivity index (χ3v) is 5.32. The van der Waals surface area contributed by atoms with E-state index in [0.717, 1.165) is 11.1 Å². The van der Waals surface area contributed by atoms with Gasteiger partial charge < -0.3 is 21.5 Å². The Kier molecular flexibility index (Phi) is 5.97. The summed E-state index contributed by atoms with van der Waals surface area (Å²) in [5, 5.41) is 13.9. The minimum Gasteiger partial charge on any atom is -0.465 e. The van der Waals surface area contributed by atoms with Crippen LogP contribution in [-0.2, 0) is 13.0 Å². The van der Waals surface area contributed by atoms with Gasteiger partial charge in [0.2, 0.25) is 0 Å². The second kappa shape index (κ2) is 8.89. The van der Waals surface area contributed by atoms with E-state index in [1.165, 1.54) is 16.8 Å². The summed E-state index contributed by atoms with van der Waals surface area (Å²) in [4.78, 5) is 25.3. The molecule has 1 amide bonds. The molecule has 4 aromatic rings. The summed E-state index contributed by atoms with van der Waals surface area (Å²) in [6.07, 6.45) is -0.00626. The first kappa shape index (κ1) is 22.8. The molecular formula is C22H22F2N8O2. The number of fused-ring (bicyclic) bond motifs is 1. The Morgan fingerprint density at radius 1 is 1.18 bits per heavy atom. The number of benzene rings is 1. The predicted octanol–water partition coefficient (Wildman–Crippen LogP) is 3.13. The second-order valence-corrected chi connectivity index (χ2v) is 7.92. The first-order chi connectivity index (χ1) is 16.2. The Hall–Kier alpha value is -4.35. The van der Waals surface area contributed by atoms with Crippen molar-refractivity contribution >= 4 is 28.8 Å². The molecule has 176 valence electrons. The maximum atomic E-state index is 14.2. The fourth-order valence-corrected chi connectivity index (χ4v) is 3.53. The number of carboxylic acid groups (broad SMARTS) is 1. The van der Waals surface area contributed by atoms with Crippen LogP contribution in [0.1, 0.15) is 30.7 Å². The van der Waals surface area contributed by atoms with Gasteiger partial charge in [-0.2, -0.15) is 19.7 Å². The first-order valence-corrected chi connectivity index (χ1v) is 10.3. The maximum absolute atomic E-state index is 14.2. The van der Waals surface area contributed by atoms with Gasteiger partial charge in [-0.15, -0.1) is 0 Å². The van der Waals surface area contributed by atoms with Crippen molar-refractivity contribution in [2.45, 2.75) is 32.9 Å². The summed E-state index contributed by atoms with van der Waals surface area (Å²) in [5.74, 6) is -1.16. The van der Waals surface area contributed by atoms with Crippen LogP contribution in [0.4, 0.5) is 25.2 Å². The molecule has 5 N–H and O–H groups in total. The van der Waals surface area contributed by atoms with Crippen LogP contribution in [0.3, 0.4) is 0 Å². The van der Waals surface area contributed by atoms with Gasteiger partial charge in [0.1, 0.15) is 28.8 Å². The Morgan fingerprint density at radius 3 is 2.47 bits per heavy atom.